The van der Waals surface area contributed by atoms with Gasteiger partial charge in [-0.2, -0.15) is 4.31 Å². The number of amides is 1. The van der Waals surface area contributed by atoms with E-state index in [0.717, 1.165) is 44.7 Å². The number of sulfonamides is 1. The molecular formula is C20H31ClN3O3S-. The van der Waals surface area contributed by atoms with Gasteiger partial charge in [0, 0.05) is 18.8 Å². The number of nitrogens with zero attached hydrogens (tertiary/aromatic N) is 2. The van der Waals surface area contributed by atoms with Crippen LogP contribution >= 0.6 is 0 Å². The van der Waals surface area contributed by atoms with E-state index in [0.29, 0.717) is 36.1 Å². The van der Waals surface area contributed by atoms with Crippen LogP contribution < -0.4 is 17.7 Å². The highest BCUT2D eigenvalue weighted by Gasteiger charge is 2.28. The van der Waals surface area contributed by atoms with Crippen molar-refractivity contribution in [2.24, 2.45) is 11.8 Å². The fraction of sp³-hybridized carbons (Fsp3) is 0.650. The van der Waals surface area contributed by atoms with Gasteiger partial charge in [-0.3, -0.25) is 9.69 Å². The Balaban J connectivity index is 0.00000280. The molecule has 0 aromatic heterocycles. The van der Waals surface area contributed by atoms with Crippen molar-refractivity contribution in [2.45, 2.75) is 44.4 Å². The van der Waals surface area contributed by atoms with Crippen molar-refractivity contribution in [2.75, 3.05) is 38.0 Å². The number of carbonyl (C=O) groups excluding carboxylic acids is 1. The van der Waals surface area contributed by atoms with E-state index in [-0.39, 0.29) is 18.3 Å². The van der Waals surface area contributed by atoms with E-state index in [2.05, 4.69) is 24.1 Å². The lowest BCUT2D eigenvalue weighted by molar-refractivity contribution is -0.117. The highest BCUT2D eigenvalue weighted by molar-refractivity contribution is 7.89. The van der Waals surface area contributed by atoms with Crippen LogP contribution in [0.3, 0.4) is 0 Å². The summed E-state index contributed by atoms with van der Waals surface area (Å²) in [4.78, 5) is 14.7. The van der Waals surface area contributed by atoms with E-state index in [9.17, 15) is 13.2 Å². The SMILES string of the molecule is CC1CCN(CC(=O)Nc2ccc(S(=O)(=O)N3CCC(C)CC3)cc2)CC1.[Cl-]. The zero-order valence-electron chi connectivity index (χ0n) is 16.7. The van der Waals surface area contributed by atoms with Gasteiger partial charge in [0.05, 0.1) is 11.4 Å². The third-order valence-electron chi connectivity index (χ3n) is 5.76. The molecule has 158 valence electrons. The lowest BCUT2D eigenvalue weighted by atomic mass is 9.99. The fourth-order valence-corrected chi connectivity index (χ4v) is 5.18. The molecule has 2 aliphatic rings. The molecule has 3 rings (SSSR count). The lowest BCUT2D eigenvalue weighted by Gasteiger charge is -2.29. The summed E-state index contributed by atoms with van der Waals surface area (Å²) in [6, 6.07) is 6.53. The van der Waals surface area contributed by atoms with Crippen LogP contribution in [0, 0.1) is 11.8 Å². The van der Waals surface area contributed by atoms with Crippen LogP contribution in [-0.2, 0) is 14.8 Å². The van der Waals surface area contributed by atoms with Gasteiger partial charge in [-0.25, -0.2) is 8.42 Å². The molecule has 1 aromatic carbocycles. The third kappa shape index (κ3) is 5.92. The average Bonchev–Trinajstić information content (AvgIpc) is 2.64. The predicted octanol–water partition coefficient (Wildman–Crippen LogP) is -0.218. The van der Waals surface area contributed by atoms with Gasteiger partial charge in [0.2, 0.25) is 15.9 Å². The molecule has 1 amide bonds. The Kier molecular flexibility index (Phi) is 8.30. The van der Waals surface area contributed by atoms with Crippen LogP contribution in [0.2, 0.25) is 0 Å². The van der Waals surface area contributed by atoms with Gasteiger partial charge in [0.25, 0.3) is 0 Å². The summed E-state index contributed by atoms with van der Waals surface area (Å²) in [6.45, 7) is 7.87. The minimum absolute atomic E-state index is 0. The number of likely N-dealkylation sites (tertiary alicyclic amines) is 1. The number of rotatable bonds is 5. The Morgan fingerprint density at radius 1 is 0.964 bits per heavy atom. The average molecular weight is 429 g/mol. The zero-order chi connectivity index (χ0) is 19.4. The van der Waals surface area contributed by atoms with E-state index in [1.165, 1.54) is 0 Å². The lowest BCUT2D eigenvalue weighted by Crippen LogP contribution is -3.00. The molecule has 2 aliphatic heterocycles. The molecule has 0 unspecified atom stereocenters. The first-order valence-corrected chi connectivity index (χ1v) is 11.4. The second-order valence-corrected chi connectivity index (χ2v) is 10.1. The van der Waals surface area contributed by atoms with E-state index in [1.54, 1.807) is 28.6 Å². The van der Waals surface area contributed by atoms with Crippen LogP contribution in [0.25, 0.3) is 0 Å². The van der Waals surface area contributed by atoms with Gasteiger partial charge in [0.15, 0.2) is 0 Å². The summed E-state index contributed by atoms with van der Waals surface area (Å²) in [7, 11) is -3.45. The topological polar surface area (TPSA) is 69.7 Å². The normalized spacial score (nSPS) is 20.5. The second kappa shape index (κ2) is 10.1. The molecule has 2 fully saturated rings. The Morgan fingerprint density at radius 2 is 1.46 bits per heavy atom. The van der Waals surface area contributed by atoms with Gasteiger partial charge < -0.3 is 17.7 Å². The largest absolute Gasteiger partial charge is 1.00 e. The molecule has 0 saturated carbocycles. The Bertz CT molecular complexity index is 738. The molecule has 1 N–H and O–H groups in total. The summed E-state index contributed by atoms with van der Waals surface area (Å²) >= 11 is 0. The minimum atomic E-state index is -3.45. The number of hydrogen-bond acceptors (Lipinski definition) is 4. The molecular weight excluding hydrogens is 398 g/mol. The van der Waals surface area contributed by atoms with Crippen molar-refractivity contribution in [1.29, 1.82) is 0 Å². The smallest absolute Gasteiger partial charge is 0.243 e. The van der Waals surface area contributed by atoms with Crippen LogP contribution in [-0.4, -0.2) is 56.3 Å². The first-order valence-electron chi connectivity index (χ1n) is 9.97. The highest BCUT2D eigenvalue weighted by atomic mass is 35.5. The second-order valence-electron chi connectivity index (χ2n) is 8.12. The number of nitrogens with one attached hydrogen (secondary N) is 1. The number of carbonyl (C=O) groups is 1. The summed E-state index contributed by atoms with van der Waals surface area (Å²) in [5.74, 6) is 1.27. The van der Waals surface area contributed by atoms with Crippen LogP contribution in [0.15, 0.2) is 29.2 Å². The number of hydrogen-bond donors (Lipinski definition) is 1. The van der Waals surface area contributed by atoms with Gasteiger partial charge in [-0.15, -0.1) is 0 Å². The summed E-state index contributed by atoms with van der Waals surface area (Å²) in [5, 5.41) is 2.88. The molecule has 0 radical (unpaired) electrons. The monoisotopic (exact) mass is 428 g/mol. The molecule has 8 heteroatoms. The molecule has 1 aromatic rings. The zero-order valence-corrected chi connectivity index (χ0v) is 18.3. The minimum Gasteiger partial charge on any atom is -1.00 e. The maximum absolute atomic E-state index is 12.7. The molecule has 0 spiro atoms. The van der Waals surface area contributed by atoms with Crippen molar-refractivity contribution in [3.8, 4) is 0 Å². The van der Waals surface area contributed by atoms with E-state index in [1.807, 2.05) is 0 Å². The Hall–Kier alpha value is -1.15. The number of benzene rings is 1. The predicted molar refractivity (Wildman–Crippen MR) is 107 cm³/mol. The first kappa shape index (κ1) is 23.1. The van der Waals surface area contributed by atoms with Gasteiger partial charge in [0.1, 0.15) is 0 Å². The molecule has 2 saturated heterocycles. The first-order chi connectivity index (χ1) is 12.8. The maximum Gasteiger partial charge on any atom is 0.243 e. The molecule has 0 aliphatic carbocycles. The van der Waals surface area contributed by atoms with Crippen molar-refractivity contribution in [3.63, 3.8) is 0 Å². The fourth-order valence-electron chi connectivity index (χ4n) is 3.71. The summed E-state index contributed by atoms with van der Waals surface area (Å²) in [5.41, 5.74) is 0.636. The molecule has 28 heavy (non-hydrogen) atoms. The number of anilines is 1. The quantitative estimate of drug-likeness (QED) is 0.704. The van der Waals surface area contributed by atoms with Crippen molar-refractivity contribution >= 4 is 21.6 Å². The van der Waals surface area contributed by atoms with E-state index >= 15 is 0 Å². The molecule has 2 heterocycles. The Morgan fingerprint density at radius 3 is 2.00 bits per heavy atom. The van der Waals surface area contributed by atoms with Crippen molar-refractivity contribution < 1.29 is 25.6 Å². The van der Waals surface area contributed by atoms with Crippen LogP contribution in [0.1, 0.15) is 39.5 Å². The number of halogens is 1. The Labute approximate surface area is 175 Å². The van der Waals surface area contributed by atoms with Crippen LogP contribution in [0.5, 0.6) is 0 Å². The summed E-state index contributed by atoms with van der Waals surface area (Å²) in [6.07, 6.45) is 4.08. The maximum atomic E-state index is 12.7. The standard InChI is InChI=1S/C20H31N3O3S.ClH/c1-16-7-11-22(12-8-16)15-20(24)21-18-3-5-19(6-4-18)27(25,26)23-13-9-17(2)10-14-23;/h3-6,16-17H,7-15H2,1-2H3,(H,21,24);1H/p-1. The molecule has 0 bridgehead atoms. The number of piperidine rings is 2. The van der Waals surface area contributed by atoms with E-state index < -0.39 is 10.0 Å². The van der Waals surface area contributed by atoms with E-state index in [4.69, 9.17) is 0 Å². The van der Waals surface area contributed by atoms with Gasteiger partial charge >= 0.3 is 0 Å². The van der Waals surface area contributed by atoms with Gasteiger partial charge in [-0.1, -0.05) is 13.8 Å². The van der Waals surface area contributed by atoms with Crippen molar-refractivity contribution in [1.82, 2.24) is 9.21 Å². The molecule has 0 atom stereocenters. The van der Waals surface area contributed by atoms with Crippen LogP contribution in [0.4, 0.5) is 5.69 Å². The summed E-state index contributed by atoms with van der Waals surface area (Å²) < 4.78 is 27.1. The molecule has 6 nitrogen and oxygen atoms in total. The highest BCUT2D eigenvalue weighted by Crippen LogP contribution is 2.24. The van der Waals surface area contributed by atoms with Crippen molar-refractivity contribution in [3.05, 3.63) is 24.3 Å². The third-order valence-corrected chi connectivity index (χ3v) is 7.67. The van der Waals surface area contributed by atoms with Gasteiger partial charge in [-0.05, 0) is 74.9 Å².